The van der Waals surface area contributed by atoms with Gasteiger partial charge in [0.2, 0.25) is 4.77 Å². The molecule has 3 aromatic rings. The summed E-state index contributed by atoms with van der Waals surface area (Å²) in [6, 6.07) is 16.4. The first-order valence-corrected chi connectivity index (χ1v) is 8.74. The molecule has 0 aliphatic carbocycles. The van der Waals surface area contributed by atoms with Crippen LogP contribution in [0.25, 0.3) is 0 Å². The highest BCUT2D eigenvalue weighted by Crippen LogP contribution is 2.16. The van der Waals surface area contributed by atoms with Crippen molar-refractivity contribution in [3.8, 4) is 5.75 Å². The van der Waals surface area contributed by atoms with Crippen molar-refractivity contribution in [3.63, 3.8) is 0 Å². The number of H-pyrrole nitrogens is 1. The quantitative estimate of drug-likeness (QED) is 0.626. The van der Waals surface area contributed by atoms with Gasteiger partial charge in [-0.15, -0.1) is 0 Å². The van der Waals surface area contributed by atoms with Crippen LogP contribution >= 0.6 is 12.2 Å². The van der Waals surface area contributed by atoms with E-state index in [1.54, 1.807) is 0 Å². The van der Waals surface area contributed by atoms with Crippen molar-refractivity contribution in [2.75, 3.05) is 5.43 Å². The Balaban J connectivity index is 1.62. The Hall–Kier alpha value is -2.60. The Morgan fingerprint density at radius 2 is 1.96 bits per heavy atom. The van der Waals surface area contributed by atoms with Gasteiger partial charge in [-0.1, -0.05) is 48.9 Å². The van der Waals surface area contributed by atoms with Crippen LogP contribution in [0.1, 0.15) is 29.4 Å². The Bertz CT molecular complexity index is 883. The molecular weight excluding hydrogens is 332 g/mol. The number of hydrogen-bond donors (Lipinski definition) is 2. The molecule has 0 spiro atoms. The second-order valence-corrected chi connectivity index (χ2v) is 6.28. The van der Waals surface area contributed by atoms with Crippen molar-refractivity contribution in [2.45, 2.75) is 33.4 Å². The Labute approximate surface area is 152 Å². The van der Waals surface area contributed by atoms with E-state index in [2.05, 4.69) is 52.9 Å². The molecule has 3 rings (SSSR count). The van der Waals surface area contributed by atoms with E-state index in [9.17, 15) is 0 Å². The molecule has 0 atom stereocenters. The molecule has 0 aliphatic rings. The number of aryl methyl sites for hydroxylation is 2. The molecule has 2 N–H and O–H groups in total. The maximum Gasteiger partial charge on any atom is 0.214 e. The fourth-order valence-corrected chi connectivity index (χ4v) is 2.71. The van der Waals surface area contributed by atoms with Crippen LogP contribution < -0.4 is 10.2 Å². The zero-order chi connectivity index (χ0) is 17.6. The van der Waals surface area contributed by atoms with Crippen LogP contribution in [0.15, 0.2) is 48.5 Å². The van der Waals surface area contributed by atoms with Gasteiger partial charge in [-0.25, -0.2) is 4.68 Å². The van der Waals surface area contributed by atoms with E-state index in [1.807, 2.05) is 29.8 Å². The number of aromatic amines is 1. The summed E-state index contributed by atoms with van der Waals surface area (Å²) in [7, 11) is 0. The maximum absolute atomic E-state index is 5.90. The first-order valence-electron chi connectivity index (χ1n) is 8.33. The summed E-state index contributed by atoms with van der Waals surface area (Å²) < 4.78 is 8.29. The standard InChI is InChI=1S/C19H22N4OS/c1-3-18-21-22-19(25)23(18)20-12-16-5-4-6-17(11-16)24-13-15-9-7-14(2)8-10-15/h4-11,20H,3,12-13H2,1-2H3,(H,22,25). The van der Waals surface area contributed by atoms with E-state index in [4.69, 9.17) is 17.0 Å². The molecule has 0 fully saturated rings. The van der Waals surface area contributed by atoms with E-state index in [0.717, 1.165) is 29.1 Å². The third kappa shape index (κ3) is 4.48. The van der Waals surface area contributed by atoms with Gasteiger partial charge in [-0.3, -0.25) is 5.10 Å². The molecule has 0 saturated carbocycles. The van der Waals surface area contributed by atoms with Crippen LogP contribution in [0.3, 0.4) is 0 Å². The summed E-state index contributed by atoms with van der Waals surface area (Å²) in [6.45, 7) is 5.33. The van der Waals surface area contributed by atoms with E-state index in [0.29, 0.717) is 17.9 Å². The van der Waals surface area contributed by atoms with Crippen LogP contribution in [-0.2, 0) is 19.6 Å². The Kier molecular flexibility index (Phi) is 5.50. The van der Waals surface area contributed by atoms with Crippen LogP contribution in [0.4, 0.5) is 0 Å². The number of rotatable bonds is 7. The summed E-state index contributed by atoms with van der Waals surface area (Å²) in [5, 5.41) is 7.00. The van der Waals surface area contributed by atoms with Crippen molar-refractivity contribution in [1.82, 2.24) is 14.9 Å². The zero-order valence-corrected chi connectivity index (χ0v) is 15.3. The number of aromatic nitrogens is 3. The van der Waals surface area contributed by atoms with Gasteiger partial charge in [0.25, 0.3) is 0 Å². The maximum atomic E-state index is 5.90. The second-order valence-electron chi connectivity index (χ2n) is 5.89. The molecule has 130 valence electrons. The summed E-state index contributed by atoms with van der Waals surface area (Å²) >= 11 is 5.24. The van der Waals surface area contributed by atoms with Gasteiger partial charge < -0.3 is 10.2 Å². The molecule has 5 nitrogen and oxygen atoms in total. The van der Waals surface area contributed by atoms with Crippen LogP contribution in [0, 0.1) is 11.7 Å². The number of nitrogens with one attached hydrogen (secondary N) is 2. The van der Waals surface area contributed by atoms with Gasteiger partial charge in [-0.05, 0) is 42.4 Å². The van der Waals surface area contributed by atoms with Crippen molar-refractivity contribution < 1.29 is 4.74 Å². The van der Waals surface area contributed by atoms with Gasteiger partial charge in [0.05, 0.1) is 6.54 Å². The zero-order valence-electron chi connectivity index (χ0n) is 14.5. The van der Waals surface area contributed by atoms with Crippen LogP contribution in [0.2, 0.25) is 0 Å². The van der Waals surface area contributed by atoms with Crippen molar-refractivity contribution in [2.24, 2.45) is 0 Å². The van der Waals surface area contributed by atoms with Gasteiger partial charge in [0, 0.05) is 6.42 Å². The Morgan fingerprint density at radius 1 is 1.16 bits per heavy atom. The number of benzene rings is 2. The summed E-state index contributed by atoms with van der Waals surface area (Å²) in [4.78, 5) is 0. The SMILES string of the molecule is CCc1n[nH]c(=S)n1NCc1cccc(OCc2ccc(C)cc2)c1. The van der Waals surface area contributed by atoms with Crippen molar-refractivity contribution in [1.29, 1.82) is 0 Å². The minimum Gasteiger partial charge on any atom is -0.489 e. The molecule has 25 heavy (non-hydrogen) atoms. The summed E-state index contributed by atoms with van der Waals surface area (Å²) in [6.07, 6.45) is 0.805. The highest BCUT2D eigenvalue weighted by atomic mass is 32.1. The molecule has 0 aliphatic heterocycles. The normalized spacial score (nSPS) is 10.6. The van der Waals surface area contributed by atoms with Crippen molar-refractivity contribution >= 4 is 12.2 Å². The minimum atomic E-state index is 0.559. The topological polar surface area (TPSA) is 54.9 Å². The predicted molar refractivity (Wildman–Crippen MR) is 102 cm³/mol. The lowest BCUT2D eigenvalue weighted by molar-refractivity contribution is 0.306. The van der Waals surface area contributed by atoms with Gasteiger partial charge in [-0.2, -0.15) is 5.10 Å². The fraction of sp³-hybridized carbons (Fsp3) is 0.263. The van der Waals surface area contributed by atoms with E-state index < -0.39 is 0 Å². The molecule has 2 aromatic carbocycles. The molecular formula is C19H22N4OS. The fourth-order valence-electron chi connectivity index (χ4n) is 2.50. The first-order chi connectivity index (χ1) is 12.2. The van der Waals surface area contributed by atoms with E-state index in [1.165, 1.54) is 5.56 Å². The van der Waals surface area contributed by atoms with Gasteiger partial charge in [0.15, 0.2) is 5.82 Å². The Morgan fingerprint density at radius 3 is 2.72 bits per heavy atom. The molecule has 1 aromatic heterocycles. The summed E-state index contributed by atoms with van der Waals surface area (Å²) in [5.41, 5.74) is 6.83. The smallest absolute Gasteiger partial charge is 0.214 e. The third-order valence-electron chi connectivity index (χ3n) is 3.92. The van der Waals surface area contributed by atoms with Crippen molar-refractivity contribution in [3.05, 3.63) is 75.8 Å². The monoisotopic (exact) mass is 354 g/mol. The average Bonchev–Trinajstić information content (AvgIpc) is 2.99. The predicted octanol–water partition coefficient (Wildman–Crippen LogP) is 4.13. The number of hydrogen-bond acceptors (Lipinski definition) is 4. The summed E-state index contributed by atoms with van der Waals surface area (Å²) in [5.74, 6) is 1.74. The number of nitrogens with zero attached hydrogens (tertiary/aromatic N) is 2. The molecule has 6 heteroatoms. The lowest BCUT2D eigenvalue weighted by Gasteiger charge is -2.11. The lowest BCUT2D eigenvalue weighted by atomic mass is 10.2. The second kappa shape index (κ2) is 7.98. The van der Waals surface area contributed by atoms with Crippen LogP contribution in [-0.4, -0.2) is 14.9 Å². The van der Waals surface area contributed by atoms with Crippen LogP contribution in [0.5, 0.6) is 5.75 Å². The molecule has 0 bridgehead atoms. The molecule has 1 heterocycles. The molecule has 0 saturated heterocycles. The average molecular weight is 354 g/mol. The van der Waals surface area contributed by atoms with Gasteiger partial charge in [0.1, 0.15) is 12.4 Å². The highest BCUT2D eigenvalue weighted by molar-refractivity contribution is 7.71. The molecule has 0 radical (unpaired) electrons. The van der Waals surface area contributed by atoms with E-state index in [-0.39, 0.29) is 0 Å². The molecule has 0 amide bonds. The lowest BCUT2D eigenvalue weighted by Crippen LogP contribution is -2.17. The van der Waals surface area contributed by atoms with E-state index >= 15 is 0 Å². The van der Waals surface area contributed by atoms with Gasteiger partial charge >= 0.3 is 0 Å². The minimum absolute atomic E-state index is 0.559. The third-order valence-corrected chi connectivity index (χ3v) is 4.20. The number of ether oxygens (including phenoxy) is 1. The first kappa shape index (κ1) is 17.2. The highest BCUT2D eigenvalue weighted by Gasteiger charge is 2.04. The largest absolute Gasteiger partial charge is 0.489 e. The molecule has 0 unspecified atom stereocenters.